The lowest BCUT2D eigenvalue weighted by molar-refractivity contribution is -0.135. The third-order valence-electron chi connectivity index (χ3n) is 1.70. The molecule has 0 saturated heterocycles. The molecule has 2 N–H and O–H groups in total. The Labute approximate surface area is 80.2 Å². The van der Waals surface area contributed by atoms with Crippen LogP contribution in [0.5, 0.6) is 0 Å². The largest absolute Gasteiger partial charge is 0.480 e. The molecule has 0 aliphatic carbocycles. The van der Waals surface area contributed by atoms with E-state index in [-0.39, 0.29) is 12.1 Å². The Morgan fingerprint density at radius 2 is 2.43 bits per heavy atom. The summed E-state index contributed by atoms with van der Waals surface area (Å²) in [5.41, 5.74) is -0.293. The molecule has 0 radical (unpaired) electrons. The minimum Gasteiger partial charge on any atom is -0.480 e. The molecule has 0 aliphatic rings. The van der Waals surface area contributed by atoms with Crippen molar-refractivity contribution in [1.82, 2.24) is 9.97 Å². The molecule has 1 aromatic rings. The van der Waals surface area contributed by atoms with Crippen molar-refractivity contribution < 1.29 is 9.90 Å². The van der Waals surface area contributed by atoms with Crippen molar-refractivity contribution in [1.29, 1.82) is 0 Å². The van der Waals surface area contributed by atoms with Crippen molar-refractivity contribution in [2.24, 2.45) is 0 Å². The highest BCUT2D eigenvalue weighted by atomic mass is 16.4. The van der Waals surface area contributed by atoms with Gasteiger partial charge >= 0.3 is 5.97 Å². The Kier molecular flexibility index (Phi) is 3.22. The summed E-state index contributed by atoms with van der Waals surface area (Å²) >= 11 is 0. The van der Waals surface area contributed by atoms with Crippen LogP contribution >= 0.6 is 0 Å². The summed E-state index contributed by atoms with van der Waals surface area (Å²) in [5, 5.41) is 8.59. The van der Waals surface area contributed by atoms with E-state index < -0.39 is 5.97 Å². The molecule has 14 heavy (non-hydrogen) atoms. The Morgan fingerprint density at radius 1 is 1.71 bits per heavy atom. The van der Waals surface area contributed by atoms with Crippen molar-refractivity contribution in [3.8, 4) is 0 Å². The fourth-order valence-corrected chi connectivity index (χ4v) is 1.05. The Balaban J connectivity index is 2.89. The van der Waals surface area contributed by atoms with E-state index >= 15 is 0 Å². The van der Waals surface area contributed by atoms with Crippen LogP contribution in [-0.2, 0) is 4.79 Å². The summed E-state index contributed by atoms with van der Waals surface area (Å²) in [6.45, 7) is 2.13. The van der Waals surface area contributed by atoms with Crippen LogP contribution < -0.4 is 10.5 Å². The van der Waals surface area contributed by atoms with Gasteiger partial charge in [0.1, 0.15) is 12.4 Å². The molecule has 76 valence electrons. The number of H-pyrrole nitrogens is 1. The summed E-state index contributed by atoms with van der Waals surface area (Å²) in [6, 6.07) is 1.27. The lowest BCUT2D eigenvalue weighted by Gasteiger charge is -2.18. The standard InChI is InChI=1S/C8H11N3O3/c1-2-11(4-8(13)14)6-3-7(12)10-5-9-6/h3,5H,2,4H2,1H3,(H,13,14)(H,9,10,12). The summed E-state index contributed by atoms with van der Waals surface area (Å²) < 4.78 is 0. The van der Waals surface area contributed by atoms with Crippen LogP contribution in [0.2, 0.25) is 0 Å². The van der Waals surface area contributed by atoms with Crippen LogP contribution in [0.25, 0.3) is 0 Å². The Bertz CT molecular complexity index is 374. The molecule has 0 atom stereocenters. The molecule has 0 aliphatic heterocycles. The summed E-state index contributed by atoms with van der Waals surface area (Å²) in [7, 11) is 0. The number of aromatic nitrogens is 2. The molecule has 0 unspecified atom stereocenters. The Morgan fingerprint density at radius 3 is 2.93 bits per heavy atom. The number of anilines is 1. The first-order valence-corrected chi connectivity index (χ1v) is 4.15. The smallest absolute Gasteiger partial charge is 0.323 e. The number of rotatable bonds is 4. The van der Waals surface area contributed by atoms with Gasteiger partial charge in [0, 0.05) is 12.6 Å². The van der Waals surface area contributed by atoms with Gasteiger partial charge in [-0.1, -0.05) is 0 Å². The number of nitrogens with one attached hydrogen (secondary N) is 1. The maximum absolute atomic E-state index is 10.9. The SMILES string of the molecule is CCN(CC(=O)O)c1cc(=O)[nH]cn1. The molecular formula is C8H11N3O3. The van der Waals surface area contributed by atoms with E-state index in [1.165, 1.54) is 17.3 Å². The maximum Gasteiger partial charge on any atom is 0.323 e. The van der Waals surface area contributed by atoms with Crippen molar-refractivity contribution in [3.63, 3.8) is 0 Å². The van der Waals surface area contributed by atoms with Gasteiger partial charge in [0.15, 0.2) is 0 Å². The van der Waals surface area contributed by atoms with Crippen molar-refractivity contribution in [2.45, 2.75) is 6.92 Å². The quantitative estimate of drug-likeness (QED) is 0.690. The number of carboxylic acid groups (broad SMARTS) is 1. The third kappa shape index (κ3) is 2.58. The molecule has 0 saturated carbocycles. The van der Waals surface area contributed by atoms with Gasteiger partial charge in [-0.05, 0) is 6.92 Å². The van der Waals surface area contributed by atoms with Crippen LogP contribution in [0.15, 0.2) is 17.2 Å². The highest BCUT2D eigenvalue weighted by molar-refractivity contribution is 5.73. The van der Waals surface area contributed by atoms with E-state index in [2.05, 4.69) is 9.97 Å². The zero-order valence-corrected chi connectivity index (χ0v) is 7.73. The number of hydrogen-bond acceptors (Lipinski definition) is 4. The zero-order chi connectivity index (χ0) is 10.6. The number of aromatic amines is 1. The van der Waals surface area contributed by atoms with Gasteiger partial charge in [0.25, 0.3) is 5.56 Å². The molecule has 1 aromatic heterocycles. The first-order chi connectivity index (χ1) is 6.63. The minimum atomic E-state index is -0.950. The average Bonchev–Trinajstić information content (AvgIpc) is 2.14. The topological polar surface area (TPSA) is 86.3 Å². The fourth-order valence-electron chi connectivity index (χ4n) is 1.05. The second-order valence-electron chi connectivity index (χ2n) is 2.68. The average molecular weight is 197 g/mol. The Hall–Kier alpha value is -1.85. The predicted octanol–water partition coefficient (Wildman–Crippen LogP) is -0.319. The first-order valence-electron chi connectivity index (χ1n) is 4.15. The number of carboxylic acids is 1. The highest BCUT2D eigenvalue weighted by Gasteiger charge is 2.09. The first kappa shape index (κ1) is 10.2. The van der Waals surface area contributed by atoms with E-state index in [1.807, 2.05) is 0 Å². The zero-order valence-electron chi connectivity index (χ0n) is 7.73. The van der Waals surface area contributed by atoms with Crippen LogP contribution in [-0.4, -0.2) is 34.1 Å². The fraction of sp³-hybridized carbons (Fsp3) is 0.375. The molecule has 1 heterocycles. The second kappa shape index (κ2) is 4.40. The lowest BCUT2D eigenvalue weighted by Crippen LogP contribution is -2.31. The van der Waals surface area contributed by atoms with Gasteiger partial charge in [-0.3, -0.25) is 9.59 Å². The van der Waals surface area contributed by atoms with Gasteiger partial charge in [0.2, 0.25) is 0 Å². The van der Waals surface area contributed by atoms with E-state index in [4.69, 9.17) is 5.11 Å². The van der Waals surface area contributed by atoms with Crippen LogP contribution in [0.4, 0.5) is 5.82 Å². The van der Waals surface area contributed by atoms with Gasteiger partial charge in [-0.2, -0.15) is 0 Å². The third-order valence-corrected chi connectivity index (χ3v) is 1.70. The van der Waals surface area contributed by atoms with E-state index in [1.54, 1.807) is 6.92 Å². The maximum atomic E-state index is 10.9. The monoisotopic (exact) mass is 197 g/mol. The number of aliphatic carboxylic acids is 1. The van der Waals surface area contributed by atoms with E-state index in [0.29, 0.717) is 12.4 Å². The van der Waals surface area contributed by atoms with E-state index in [0.717, 1.165) is 0 Å². The summed E-state index contributed by atoms with van der Waals surface area (Å²) in [5.74, 6) is -0.576. The molecule has 6 heteroatoms. The molecule has 0 bridgehead atoms. The van der Waals surface area contributed by atoms with Crippen LogP contribution in [0.3, 0.4) is 0 Å². The second-order valence-corrected chi connectivity index (χ2v) is 2.68. The molecule has 0 aromatic carbocycles. The van der Waals surface area contributed by atoms with Crippen molar-refractivity contribution in [2.75, 3.05) is 18.0 Å². The molecule has 1 rings (SSSR count). The van der Waals surface area contributed by atoms with Gasteiger partial charge in [-0.25, -0.2) is 4.98 Å². The van der Waals surface area contributed by atoms with Gasteiger partial charge in [0.05, 0.1) is 6.33 Å². The summed E-state index contributed by atoms with van der Waals surface area (Å²) in [6.07, 6.45) is 1.25. The molecule has 0 spiro atoms. The predicted molar refractivity (Wildman–Crippen MR) is 50.4 cm³/mol. The number of likely N-dealkylation sites (N-methyl/N-ethyl adjacent to an activating group) is 1. The summed E-state index contributed by atoms with van der Waals surface area (Å²) in [4.78, 5) is 29.1. The van der Waals surface area contributed by atoms with Gasteiger partial charge in [-0.15, -0.1) is 0 Å². The van der Waals surface area contributed by atoms with Crippen molar-refractivity contribution in [3.05, 3.63) is 22.7 Å². The number of nitrogens with zero attached hydrogens (tertiary/aromatic N) is 2. The van der Waals surface area contributed by atoms with Crippen LogP contribution in [0.1, 0.15) is 6.92 Å². The molecule has 6 nitrogen and oxygen atoms in total. The number of carbonyl (C=O) groups is 1. The van der Waals surface area contributed by atoms with E-state index in [9.17, 15) is 9.59 Å². The van der Waals surface area contributed by atoms with Crippen LogP contribution in [0, 0.1) is 0 Å². The molecular weight excluding hydrogens is 186 g/mol. The van der Waals surface area contributed by atoms with Crippen molar-refractivity contribution >= 4 is 11.8 Å². The number of hydrogen-bond donors (Lipinski definition) is 2. The minimum absolute atomic E-state index is 0.160. The normalized spacial score (nSPS) is 9.79. The molecule has 0 amide bonds. The molecule has 0 fully saturated rings. The highest BCUT2D eigenvalue weighted by Crippen LogP contribution is 2.04. The van der Waals surface area contributed by atoms with Gasteiger partial charge < -0.3 is 15.0 Å². The lowest BCUT2D eigenvalue weighted by atomic mass is 10.4.